The molecule has 0 saturated heterocycles. The SMILES string of the molecule is CCOC1(c2nc(N)nc(CC)n2)CCCCCC1. The van der Waals surface area contributed by atoms with Gasteiger partial charge in [-0.2, -0.15) is 9.97 Å². The first-order valence-electron chi connectivity index (χ1n) is 7.35. The molecule has 0 amide bonds. The van der Waals surface area contributed by atoms with Crippen LogP contribution in [-0.2, 0) is 16.8 Å². The highest BCUT2D eigenvalue weighted by molar-refractivity contribution is 5.19. The Kier molecular flexibility index (Phi) is 4.69. The predicted octanol–water partition coefficient (Wildman–Crippen LogP) is 2.60. The highest BCUT2D eigenvalue weighted by Gasteiger charge is 2.37. The summed E-state index contributed by atoms with van der Waals surface area (Å²) in [5.74, 6) is 1.80. The second-order valence-corrected chi connectivity index (χ2v) is 5.13. The first kappa shape index (κ1) is 14.2. The van der Waals surface area contributed by atoms with Crippen LogP contribution < -0.4 is 5.73 Å². The number of anilines is 1. The molecule has 1 fully saturated rings. The summed E-state index contributed by atoms with van der Waals surface area (Å²) in [6.07, 6.45) is 7.56. The molecule has 1 aromatic heterocycles. The van der Waals surface area contributed by atoms with E-state index in [1.54, 1.807) is 0 Å². The summed E-state index contributed by atoms with van der Waals surface area (Å²) >= 11 is 0. The number of aromatic nitrogens is 3. The van der Waals surface area contributed by atoms with E-state index in [0.717, 1.165) is 43.8 Å². The van der Waals surface area contributed by atoms with Gasteiger partial charge in [0.15, 0.2) is 5.82 Å². The lowest BCUT2D eigenvalue weighted by atomic mass is 9.93. The van der Waals surface area contributed by atoms with Gasteiger partial charge in [0.25, 0.3) is 0 Å². The summed E-state index contributed by atoms with van der Waals surface area (Å²) in [4.78, 5) is 13.1. The van der Waals surface area contributed by atoms with Crippen LogP contribution in [-0.4, -0.2) is 21.6 Å². The van der Waals surface area contributed by atoms with Crippen LogP contribution in [0.5, 0.6) is 0 Å². The predicted molar refractivity (Wildman–Crippen MR) is 74.6 cm³/mol. The minimum Gasteiger partial charge on any atom is -0.368 e. The topological polar surface area (TPSA) is 73.9 Å². The van der Waals surface area contributed by atoms with Gasteiger partial charge in [-0.1, -0.05) is 32.6 Å². The third-order valence-corrected chi connectivity index (χ3v) is 3.75. The number of aryl methyl sites for hydroxylation is 1. The van der Waals surface area contributed by atoms with E-state index >= 15 is 0 Å². The highest BCUT2D eigenvalue weighted by Crippen LogP contribution is 2.37. The third kappa shape index (κ3) is 3.21. The van der Waals surface area contributed by atoms with Crippen molar-refractivity contribution in [2.24, 2.45) is 0 Å². The molecule has 0 bridgehead atoms. The maximum atomic E-state index is 6.08. The molecule has 0 unspecified atom stereocenters. The van der Waals surface area contributed by atoms with Gasteiger partial charge in [0.2, 0.25) is 5.95 Å². The fourth-order valence-electron chi connectivity index (χ4n) is 2.81. The van der Waals surface area contributed by atoms with Crippen molar-refractivity contribution in [2.45, 2.75) is 64.4 Å². The van der Waals surface area contributed by atoms with Crippen molar-refractivity contribution >= 4 is 5.95 Å². The molecule has 1 heterocycles. The Bertz CT molecular complexity index is 414. The Morgan fingerprint density at radius 2 is 1.74 bits per heavy atom. The Labute approximate surface area is 115 Å². The molecule has 0 atom stereocenters. The first-order chi connectivity index (χ1) is 9.20. The quantitative estimate of drug-likeness (QED) is 0.846. The van der Waals surface area contributed by atoms with Crippen molar-refractivity contribution in [3.8, 4) is 0 Å². The van der Waals surface area contributed by atoms with Gasteiger partial charge in [-0.25, -0.2) is 4.98 Å². The van der Waals surface area contributed by atoms with Crippen LogP contribution >= 0.6 is 0 Å². The van der Waals surface area contributed by atoms with Gasteiger partial charge in [-0.3, -0.25) is 0 Å². The molecule has 19 heavy (non-hydrogen) atoms. The Morgan fingerprint density at radius 1 is 1.05 bits per heavy atom. The summed E-state index contributed by atoms with van der Waals surface area (Å²) in [7, 11) is 0. The molecule has 2 rings (SSSR count). The average molecular weight is 264 g/mol. The van der Waals surface area contributed by atoms with E-state index in [-0.39, 0.29) is 5.60 Å². The van der Waals surface area contributed by atoms with Gasteiger partial charge < -0.3 is 10.5 Å². The van der Waals surface area contributed by atoms with Gasteiger partial charge in [0, 0.05) is 13.0 Å². The molecular weight excluding hydrogens is 240 g/mol. The second-order valence-electron chi connectivity index (χ2n) is 5.13. The Morgan fingerprint density at radius 3 is 2.32 bits per heavy atom. The van der Waals surface area contributed by atoms with Gasteiger partial charge in [-0.15, -0.1) is 0 Å². The smallest absolute Gasteiger partial charge is 0.223 e. The van der Waals surface area contributed by atoms with E-state index in [2.05, 4.69) is 15.0 Å². The molecule has 0 aliphatic heterocycles. The van der Waals surface area contributed by atoms with Gasteiger partial charge in [0.1, 0.15) is 11.4 Å². The molecule has 106 valence electrons. The van der Waals surface area contributed by atoms with Crippen LogP contribution in [0.4, 0.5) is 5.95 Å². The molecular formula is C14H24N4O. The van der Waals surface area contributed by atoms with Crippen LogP contribution in [0.1, 0.15) is 64.0 Å². The summed E-state index contributed by atoms with van der Waals surface area (Å²) < 4.78 is 6.08. The van der Waals surface area contributed by atoms with E-state index in [1.165, 1.54) is 12.8 Å². The number of hydrogen-bond donors (Lipinski definition) is 1. The molecule has 1 aliphatic rings. The normalized spacial score (nSPS) is 19.1. The summed E-state index contributed by atoms with van der Waals surface area (Å²) in [5.41, 5.74) is 5.46. The zero-order valence-corrected chi connectivity index (χ0v) is 12.0. The van der Waals surface area contributed by atoms with Crippen molar-refractivity contribution < 1.29 is 4.74 Å². The van der Waals surface area contributed by atoms with Crippen LogP contribution in [0.2, 0.25) is 0 Å². The zero-order chi connectivity index (χ0) is 13.7. The summed E-state index contributed by atoms with van der Waals surface area (Å²) in [6, 6.07) is 0. The van der Waals surface area contributed by atoms with E-state index in [9.17, 15) is 0 Å². The van der Waals surface area contributed by atoms with Crippen LogP contribution in [0.15, 0.2) is 0 Å². The largest absolute Gasteiger partial charge is 0.368 e. The number of nitrogens with zero attached hydrogens (tertiary/aromatic N) is 3. The number of nitrogens with two attached hydrogens (primary N) is 1. The first-order valence-corrected chi connectivity index (χ1v) is 7.35. The minimum atomic E-state index is -0.355. The van der Waals surface area contributed by atoms with Crippen LogP contribution in [0, 0.1) is 0 Å². The monoisotopic (exact) mass is 264 g/mol. The van der Waals surface area contributed by atoms with E-state index in [0.29, 0.717) is 12.6 Å². The lowest BCUT2D eigenvalue weighted by Gasteiger charge is -2.31. The van der Waals surface area contributed by atoms with E-state index in [4.69, 9.17) is 10.5 Å². The molecule has 0 aromatic carbocycles. The maximum Gasteiger partial charge on any atom is 0.223 e. The van der Waals surface area contributed by atoms with Crippen LogP contribution in [0.3, 0.4) is 0 Å². The lowest BCUT2D eigenvalue weighted by molar-refractivity contribution is -0.0626. The van der Waals surface area contributed by atoms with Crippen molar-refractivity contribution in [3.05, 3.63) is 11.6 Å². The number of nitrogen functional groups attached to an aromatic ring is 1. The Hall–Kier alpha value is -1.23. The molecule has 1 aliphatic carbocycles. The van der Waals surface area contributed by atoms with Crippen molar-refractivity contribution in [1.82, 2.24) is 15.0 Å². The molecule has 1 saturated carbocycles. The summed E-state index contributed by atoms with van der Waals surface area (Å²) in [5, 5.41) is 0. The van der Waals surface area contributed by atoms with Gasteiger partial charge in [-0.05, 0) is 19.8 Å². The number of ether oxygens (including phenoxy) is 1. The van der Waals surface area contributed by atoms with E-state index in [1.807, 2.05) is 13.8 Å². The number of rotatable bonds is 4. The lowest BCUT2D eigenvalue weighted by Crippen LogP contribution is -2.32. The third-order valence-electron chi connectivity index (χ3n) is 3.75. The minimum absolute atomic E-state index is 0.310. The highest BCUT2D eigenvalue weighted by atomic mass is 16.5. The van der Waals surface area contributed by atoms with Gasteiger partial charge in [0.05, 0.1) is 0 Å². The van der Waals surface area contributed by atoms with Crippen molar-refractivity contribution in [1.29, 1.82) is 0 Å². The van der Waals surface area contributed by atoms with Crippen LogP contribution in [0.25, 0.3) is 0 Å². The maximum absolute atomic E-state index is 6.08. The molecule has 5 heteroatoms. The molecule has 0 spiro atoms. The molecule has 5 nitrogen and oxygen atoms in total. The standard InChI is InChI=1S/C14H24N4O/c1-3-11-16-12(18-13(15)17-11)14(19-4-2)9-7-5-6-8-10-14/h3-10H2,1-2H3,(H2,15,16,17,18). The number of hydrogen-bond acceptors (Lipinski definition) is 5. The zero-order valence-electron chi connectivity index (χ0n) is 12.0. The Balaban J connectivity index is 2.39. The van der Waals surface area contributed by atoms with E-state index < -0.39 is 0 Å². The molecule has 0 radical (unpaired) electrons. The molecule has 1 aromatic rings. The fourth-order valence-corrected chi connectivity index (χ4v) is 2.81. The van der Waals surface area contributed by atoms with Gasteiger partial charge >= 0.3 is 0 Å². The second kappa shape index (κ2) is 6.28. The van der Waals surface area contributed by atoms with Crippen molar-refractivity contribution in [3.63, 3.8) is 0 Å². The van der Waals surface area contributed by atoms with Crippen molar-refractivity contribution in [2.75, 3.05) is 12.3 Å². The average Bonchev–Trinajstić information content (AvgIpc) is 2.65. The summed E-state index contributed by atoms with van der Waals surface area (Å²) in [6.45, 7) is 4.73. The molecule has 2 N–H and O–H groups in total. The fraction of sp³-hybridized carbons (Fsp3) is 0.786.